The lowest BCUT2D eigenvalue weighted by Crippen LogP contribution is -2.33. The number of nitrogens with zero attached hydrogens (tertiary/aromatic N) is 1. The molecule has 4 heteroatoms. The number of carbonyl (C=O) groups excluding carboxylic acids is 1. The first-order valence-electron chi connectivity index (χ1n) is 6.13. The minimum absolute atomic E-state index is 0. The molecule has 0 bridgehead atoms. The van der Waals surface area contributed by atoms with Gasteiger partial charge in [0.2, 0.25) is 5.91 Å². The van der Waals surface area contributed by atoms with Crippen molar-refractivity contribution in [3.63, 3.8) is 0 Å². The zero-order valence-corrected chi connectivity index (χ0v) is 12.4. The normalized spacial score (nSPS) is 9.78. The average Bonchev–Trinajstić information content (AvgIpc) is 2.32. The largest absolute Gasteiger partial charge is 0.319 e. The van der Waals surface area contributed by atoms with Gasteiger partial charge in [0.25, 0.3) is 0 Å². The van der Waals surface area contributed by atoms with Crippen molar-refractivity contribution < 1.29 is 4.79 Å². The van der Waals surface area contributed by atoms with Crippen molar-refractivity contribution >= 4 is 24.0 Å². The van der Waals surface area contributed by atoms with Crippen LogP contribution in [0, 0.1) is 13.8 Å². The van der Waals surface area contributed by atoms with E-state index in [0.717, 1.165) is 12.2 Å². The molecular weight excluding hydrogens is 248 g/mol. The Labute approximate surface area is 116 Å². The van der Waals surface area contributed by atoms with Crippen LogP contribution in [0.5, 0.6) is 0 Å². The predicted molar refractivity (Wildman–Crippen MR) is 79.7 cm³/mol. The summed E-state index contributed by atoms with van der Waals surface area (Å²) in [4.78, 5) is 13.9. The molecule has 102 valence electrons. The van der Waals surface area contributed by atoms with Crippen molar-refractivity contribution in [1.29, 1.82) is 0 Å². The van der Waals surface area contributed by atoms with Crippen molar-refractivity contribution in [2.75, 3.05) is 25.0 Å². The summed E-state index contributed by atoms with van der Waals surface area (Å²) in [6, 6.07) is 6.10. The third kappa shape index (κ3) is 4.00. The van der Waals surface area contributed by atoms with E-state index in [1.807, 2.05) is 31.0 Å². The minimum Gasteiger partial charge on any atom is -0.319 e. The summed E-state index contributed by atoms with van der Waals surface area (Å²) >= 11 is 0. The molecule has 18 heavy (non-hydrogen) atoms. The number of rotatable bonds is 5. The van der Waals surface area contributed by atoms with Crippen LogP contribution in [0.3, 0.4) is 0 Å². The number of benzene rings is 1. The SMILES string of the molecule is CCN(C(=O)CCNC)c1cccc(C)c1C.Cl. The smallest absolute Gasteiger partial charge is 0.228 e. The summed E-state index contributed by atoms with van der Waals surface area (Å²) in [5, 5.41) is 3.01. The molecule has 0 aromatic heterocycles. The van der Waals surface area contributed by atoms with Crippen LogP contribution in [0.25, 0.3) is 0 Å². The van der Waals surface area contributed by atoms with Gasteiger partial charge in [0.1, 0.15) is 0 Å². The van der Waals surface area contributed by atoms with Gasteiger partial charge in [-0.2, -0.15) is 0 Å². The monoisotopic (exact) mass is 270 g/mol. The van der Waals surface area contributed by atoms with Gasteiger partial charge in [-0.3, -0.25) is 4.79 Å². The highest BCUT2D eigenvalue weighted by atomic mass is 35.5. The van der Waals surface area contributed by atoms with Gasteiger partial charge in [-0.05, 0) is 45.0 Å². The summed E-state index contributed by atoms with van der Waals surface area (Å²) in [6.07, 6.45) is 0.539. The first-order valence-corrected chi connectivity index (χ1v) is 6.13. The number of hydrogen-bond acceptors (Lipinski definition) is 2. The number of aryl methyl sites for hydroxylation is 1. The summed E-state index contributed by atoms with van der Waals surface area (Å²) < 4.78 is 0. The van der Waals surface area contributed by atoms with Crippen LogP contribution in [0.1, 0.15) is 24.5 Å². The fourth-order valence-corrected chi connectivity index (χ4v) is 1.88. The molecule has 1 rings (SSSR count). The van der Waals surface area contributed by atoms with Gasteiger partial charge < -0.3 is 10.2 Å². The van der Waals surface area contributed by atoms with E-state index in [1.165, 1.54) is 11.1 Å². The third-order valence-electron chi connectivity index (χ3n) is 3.07. The zero-order chi connectivity index (χ0) is 12.8. The summed E-state index contributed by atoms with van der Waals surface area (Å²) in [5.41, 5.74) is 3.45. The number of halogens is 1. The van der Waals surface area contributed by atoms with Crippen LogP contribution >= 0.6 is 12.4 Å². The predicted octanol–water partition coefficient (Wildman–Crippen LogP) is 2.69. The maximum atomic E-state index is 12.1. The lowest BCUT2D eigenvalue weighted by molar-refractivity contribution is -0.118. The Kier molecular flexibility index (Phi) is 7.64. The maximum Gasteiger partial charge on any atom is 0.228 e. The number of amides is 1. The molecule has 0 heterocycles. The quantitative estimate of drug-likeness (QED) is 0.892. The van der Waals surface area contributed by atoms with E-state index in [9.17, 15) is 4.79 Å². The molecule has 0 radical (unpaired) electrons. The van der Waals surface area contributed by atoms with Crippen LogP contribution in [0.2, 0.25) is 0 Å². The first-order chi connectivity index (χ1) is 8.11. The van der Waals surface area contributed by atoms with Gasteiger partial charge in [0, 0.05) is 25.2 Å². The number of carbonyl (C=O) groups is 1. The highest BCUT2D eigenvalue weighted by Gasteiger charge is 2.15. The van der Waals surface area contributed by atoms with Crippen LogP contribution < -0.4 is 10.2 Å². The standard InChI is InChI=1S/C14H22N2O.ClH/c1-5-16(14(17)9-10-15-4)13-8-6-7-11(2)12(13)3;/h6-8,15H,5,9-10H2,1-4H3;1H. The lowest BCUT2D eigenvalue weighted by Gasteiger charge is -2.23. The van der Waals surface area contributed by atoms with Crippen molar-refractivity contribution in [1.82, 2.24) is 5.32 Å². The molecule has 0 saturated carbocycles. The van der Waals surface area contributed by atoms with Crippen LogP contribution in [0.15, 0.2) is 18.2 Å². The molecule has 1 aromatic carbocycles. The molecule has 3 nitrogen and oxygen atoms in total. The molecule has 0 fully saturated rings. The van der Waals surface area contributed by atoms with E-state index in [-0.39, 0.29) is 18.3 Å². The van der Waals surface area contributed by atoms with E-state index < -0.39 is 0 Å². The summed E-state index contributed by atoms with van der Waals surface area (Å²) in [6.45, 7) is 7.59. The number of anilines is 1. The van der Waals surface area contributed by atoms with Gasteiger partial charge in [0.05, 0.1) is 0 Å². The maximum absolute atomic E-state index is 12.1. The highest BCUT2D eigenvalue weighted by Crippen LogP contribution is 2.23. The lowest BCUT2D eigenvalue weighted by atomic mass is 10.1. The molecule has 0 spiro atoms. The molecule has 1 aromatic rings. The molecule has 1 amide bonds. The van der Waals surface area contributed by atoms with Gasteiger partial charge in [-0.1, -0.05) is 12.1 Å². The number of nitrogens with one attached hydrogen (secondary N) is 1. The fraction of sp³-hybridized carbons (Fsp3) is 0.500. The van der Waals surface area contributed by atoms with E-state index in [0.29, 0.717) is 13.0 Å². The third-order valence-corrected chi connectivity index (χ3v) is 3.07. The Hall–Kier alpha value is -1.06. The van der Waals surface area contributed by atoms with Crippen molar-refractivity contribution in [3.8, 4) is 0 Å². The van der Waals surface area contributed by atoms with Crippen molar-refractivity contribution in [2.24, 2.45) is 0 Å². The average molecular weight is 271 g/mol. The Morgan fingerprint density at radius 1 is 1.33 bits per heavy atom. The van der Waals surface area contributed by atoms with Gasteiger partial charge in [-0.15, -0.1) is 12.4 Å². The summed E-state index contributed by atoms with van der Waals surface area (Å²) in [7, 11) is 1.86. The molecule has 0 unspecified atom stereocenters. The van der Waals surface area contributed by atoms with Crippen LogP contribution in [-0.2, 0) is 4.79 Å². The molecule has 1 N–H and O–H groups in total. The van der Waals surface area contributed by atoms with Crippen molar-refractivity contribution in [3.05, 3.63) is 29.3 Å². The minimum atomic E-state index is 0. The first kappa shape index (κ1) is 16.9. The number of hydrogen-bond donors (Lipinski definition) is 1. The van der Waals surface area contributed by atoms with Gasteiger partial charge >= 0.3 is 0 Å². The van der Waals surface area contributed by atoms with E-state index in [2.05, 4.69) is 25.2 Å². The molecule has 0 aliphatic carbocycles. The van der Waals surface area contributed by atoms with Crippen molar-refractivity contribution in [2.45, 2.75) is 27.2 Å². The van der Waals surface area contributed by atoms with Gasteiger partial charge in [-0.25, -0.2) is 0 Å². The highest BCUT2D eigenvalue weighted by molar-refractivity contribution is 5.94. The van der Waals surface area contributed by atoms with Crippen LogP contribution in [-0.4, -0.2) is 26.0 Å². The van der Waals surface area contributed by atoms with E-state index in [4.69, 9.17) is 0 Å². The Morgan fingerprint density at radius 2 is 2.00 bits per heavy atom. The second-order valence-electron chi connectivity index (χ2n) is 4.21. The molecule has 0 aliphatic heterocycles. The fourth-order valence-electron chi connectivity index (χ4n) is 1.88. The molecule has 0 aliphatic rings. The van der Waals surface area contributed by atoms with Crippen LogP contribution in [0.4, 0.5) is 5.69 Å². The molecule has 0 saturated heterocycles. The molecule has 0 atom stereocenters. The van der Waals surface area contributed by atoms with E-state index >= 15 is 0 Å². The zero-order valence-electron chi connectivity index (χ0n) is 11.6. The van der Waals surface area contributed by atoms with E-state index in [1.54, 1.807) is 0 Å². The second-order valence-corrected chi connectivity index (χ2v) is 4.21. The summed E-state index contributed by atoms with van der Waals surface area (Å²) in [5.74, 6) is 0.176. The van der Waals surface area contributed by atoms with Gasteiger partial charge in [0.15, 0.2) is 0 Å². The Bertz CT molecular complexity index is 393. The Morgan fingerprint density at radius 3 is 2.56 bits per heavy atom. The topological polar surface area (TPSA) is 32.3 Å². The molecular formula is C14H23ClN2O. The Balaban J connectivity index is 0.00000289. The second kappa shape index (κ2) is 8.11.